The molecular formula is C7H16Cl2N2O2. The van der Waals surface area contributed by atoms with Crippen LogP contribution in [0.15, 0.2) is 0 Å². The number of rotatable bonds is 1. The molecule has 0 heterocycles. The average Bonchev–Trinajstić information content (AvgIpc) is 1.95. The Morgan fingerprint density at radius 1 is 1.31 bits per heavy atom. The van der Waals surface area contributed by atoms with E-state index in [0.717, 1.165) is 12.8 Å². The molecule has 1 saturated carbocycles. The van der Waals surface area contributed by atoms with Gasteiger partial charge in [-0.2, -0.15) is 0 Å². The Morgan fingerprint density at radius 3 is 2.00 bits per heavy atom. The number of carbonyl (C=O) groups is 1. The normalized spacial score (nSPS) is 32.6. The number of nitrogens with two attached hydrogens (primary N) is 2. The number of aliphatic carboxylic acids is 1. The lowest BCUT2D eigenvalue weighted by atomic mass is 9.80. The molecule has 0 aliphatic heterocycles. The van der Waals surface area contributed by atoms with Gasteiger partial charge in [0.25, 0.3) is 0 Å². The van der Waals surface area contributed by atoms with E-state index in [1.165, 1.54) is 0 Å². The predicted molar refractivity (Wildman–Crippen MR) is 55.5 cm³/mol. The van der Waals surface area contributed by atoms with Crippen molar-refractivity contribution in [1.82, 2.24) is 0 Å². The quantitative estimate of drug-likeness (QED) is 0.613. The van der Waals surface area contributed by atoms with Gasteiger partial charge in [-0.25, -0.2) is 0 Å². The lowest BCUT2D eigenvalue weighted by molar-refractivity contribution is -0.144. The minimum atomic E-state index is -1.00. The second-order valence-electron chi connectivity index (χ2n) is 3.30. The van der Waals surface area contributed by atoms with Gasteiger partial charge in [-0.3, -0.25) is 4.79 Å². The number of carboxylic acids is 1. The van der Waals surface area contributed by atoms with Gasteiger partial charge < -0.3 is 16.6 Å². The van der Waals surface area contributed by atoms with Gasteiger partial charge >= 0.3 is 5.97 Å². The third-order valence-corrected chi connectivity index (χ3v) is 2.35. The maximum absolute atomic E-state index is 10.6. The van der Waals surface area contributed by atoms with Crippen LogP contribution in [0.4, 0.5) is 0 Å². The van der Waals surface area contributed by atoms with E-state index >= 15 is 0 Å². The van der Waals surface area contributed by atoms with E-state index in [2.05, 4.69) is 0 Å². The van der Waals surface area contributed by atoms with Crippen molar-refractivity contribution in [2.45, 2.75) is 37.3 Å². The molecule has 13 heavy (non-hydrogen) atoms. The first-order chi connectivity index (χ1) is 5.04. The Balaban J connectivity index is 0. The van der Waals surface area contributed by atoms with E-state index in [9.17, 15) is 4.79 Å². The largest absolute Gasteiger partial charge is 0.480 e. The fraction of sp³-hybridized carbons (Fsp3) is 0.857. The summed E-state index contributed by atoms with van der Waals surface area (Å²) in [6.45, 7) is 0. The molecule has 0 amide bonds. The highest BCUT2D eigenvalue weighted by Crippen LogP contribution is 2.25. The zero-order chi connectivity index (χ0) is 8.48. The van der Waals surface area contributed by atoms with Crippen LogP contribution in [-0.4, -0.2) is 22.7 Å². The Morgan fingerprint density at radius 2 is 1.69 bits per heavy atom. The highest BCUT2D eigenvalue weighted by molar-refractivity contribution is 5.85. The van der Waals surface area contributed by atoms with Crippen LogP contribution in [0.3, 0.4) is 0 Å². The van der Waals surface area contributed by atoms with Gasteiger partial charge in [0.1, 0.15) is 5.54 Å². The lowest BCUT2D eigenvalue weighted by Gasteiger charge is -2.31. The number of carboxylic acid groups (broad SMARTS) is 1. The van der Waals surface area contributed by atoms with Crippen molar-refractivity contribution in [3.8, 4) is 0 Å². The summed E-state index contributed by atoms with van der Waals surface area (Å²) >= 11 is 0. The summed E-state index contributed by atoms with van der Waals surface area (Å²) < 4.78 is 0. The summed E-state index contributed by atoms with van der Waals surface area (Å²) in [4.78, 5) is 10.6. The van der Waals surface area contributed by atoms with E-state index in [1.54, 1.807) is 0 Å². The van der Waals surface area contributed by atoms with E-state index in [1.807, 2.05) is 0 Å². The van der Waals surface area contributed by atoms with Crippen molar-refractivity contribution in [3.63, 3.8) is 0 Å². The van der Waals surface area contributed by atoms with Crippen LogP contribution in [0.1, 0.15) is 25.7 Å². The molecule has 0 aromatic rings. The monoisotopic (exact) mass is 230 g/mol. The Kier molecular flexibility index (Phi) is 6.71. The molecule has 0 bridgehead atoms. The van der Waals surface area contributed by atoms with Gasteiger partial charge in [0.2, 0.25) is 0 Å². The Bertz CT molecular complexity index is 170. The molecule has 1 rings (SSSR count). The summed E-state index contributed by atoms with van der Waals surface area (Å²) in [5.74, 6) is -0.899. The van der Waals surface area contributed by atoms with Crippen LogP contribution in [-0.2, 0) is 4.79 Å². The third-order valence-electron chi connectivity index (χ3n) is 2.35. The molecule has 0 atom stereocenters. The van der Waals surface area contributed by atoms with Crippen molar-refractivity contribution in [3.05, 3.63) is 0 Å². The highest BCUT2D eigenvalue weighted by Gasteiger charge is 2.37. The SMILES string of the molecule is Cl.Cl.NC1CCC(N)(C(=O)O)CC1. The van der Waals surface area contributed by atoms with Crippen molar-refractivity contribution in [2.24, 2.45) is 11.5 Å². The zero-order valence-electron chi connectivity index (χ0n) is 7.23. The molecule has 4 nitrogen and oxygen atoms in total. The molecule has 0 spiro atoms. The second kappa shape index (κ2) is 5.65. The van der Waals surface area contributed by atoms with Crippen LogP contribution in [0.2, 0.25) is 0 Å². The summed E-state index contributed by atoms with van der Waals surface area (Å²) in [5, 5.41) is 8.72. The Labute approximate surface area is 89.9 Å². The minimum Gasteiger partial charge on any atom is -0.480 e. The number of hydrogen-bond donors (Lipinski definition) is 3. The third kappa shape index (κ3) is 3.68. The molecular weight excluding hydrogens is 215 g/mol. The maximum Gasteiger partial charge on any atom is 0.323 e. The first-order valence-corrected chi connectivity index (χ1v) is 3.82. The predicted octanol–water partition coefficient (Wildman–Crippen LogP) is 0.513. The van der Waals surface area contributed by atoms with Crippen molar-refractivity contribution in [1.29, 1.82) is 0 Å². The molecule has 0 aromatic heterocycles. The van der Waals surface area contributed by atoms with E-state index in [4.69, 9.17) is 16.6 Å². The average molecular weight is 231 g/mol. The van der Waals surface area contributed by atoms with Crippen LogP contribution < -0.4 is 11.5 Å². The highest BCUT2D eigenvalue weighted by atomic mass is 35.5. The van der Waals surface area contributed by atoms with E-state index in [-0.39, 0.29) is 30.9 Å². The molecule has 0 saturated heterocycles. The zero-order valence-corrected chi connectivity index (χ0v) is 8.87. The number of halogens is 2. The van der Waals surface area contributed by atoms with E-state index < -0.39 is 11.5 Å². The molecule has 1 fully saturated rings. The molecule has 80 valence electrons. The molecule has 1 aliphatic rings. The van der Waals surface area contributed by atoms with Crippen molar-refractivity contribution < 1.29 is 9.90 Å². The van der Waals surface area contributed by atoms with Gasteiger partial charge in [0.05, 0.1) is 0 Å². The second-order valence-corrected chi connectivity index (χ2v) is 3.30. The maximum atomic E-state index is 10.6. The minimum absolute atomic E-state index is 0. The fourth-order valence-corrected chi connectivity index (χ4v) is 1.37. The van der Waals surface area contributed by atoms with Gasteiger partial charge in [-0.05, 0) is 25.7 Å². The molecule has 1 aliphatic carbocycles. The molecule has 0 unspecified atom stereocenters. The van der Waals surface area contributed by atoms with Crippen molar-refractivity contribution in [2.75, 3.05) is 0 Å². The van der Waals surface area contributed by atoms with Crippen LogP contribution in [0, 0.1) is 0 Å². The summed E-state index contributed by atoms with van der Waals surface area (Å²) in [6, 6.07) is 0.144. The summed E-state index contributed by atoms with van der Waals surface area (Å²) in [5.41, 5.74) is 10.2. The van der Waals surface area contributed by atoms with Crippen molar-refractivity contribution >= 4 is 30.8 Å². The summed E-state index contributed by atoms with van der Waals surface area (Å²) in [6.07, 6.45) is 2.46. The van der Waals surface area contributed by atoms with Crippen LogP contribution >= 0.6 is 24.8 Å². The molecule has 5 N–H and O–H groups in total. The molecule has 0 aromatic carbocycles. The standard InChI is InChI=1S/C7H14N2O2.2ClH/c8-5-1-3-7(9,4-2-5)6(10)11;;/h5H,1-4,8-9H2,(H,10,11);2*1H. The van der Waals surface area contributed by atoms with E-state index in [0.29, 0.717) is 12.8 Å². The van der Waals surface area contributed by atoms with Gasteiger partial charge in [-0.1, -0.05) is 0 Å². The number of hydrogen-bond acceptors (Lipinski definition) is 3. The van der Waals surface area contributed by atoms with Gasteiger partial charge in [-0.15, -0.1) is 24.8 Å². The first kappa shape index (κ1) is 15.4. The van der Waals surface area contributed by atoms with Crippen LogP contribution in [0.25, 0.3) is 0 Å². The van der Waals surface area contributed by atoms with Gasteiger partial charge in [0, 0.05) is 6.04 Å². The lowest BCUT2D eigenvalue weighted by Crippen LogP contribution is -2.52. The van der Waals surface area contributed by atoms with Gasteiger partial charge in [0.15, 0.2) is 0 Å². The smallest absolute Gasteiger partial charge is 0.323 e. The molecule has 6 heteroatoms. The first-order valence-electron chi connectivity index (χ1n) is 3.82. The topological polar surface area (TPSA) is 89.3 Å². The van der Waals surface area contributed by atoms with Crippen LogP contribution in [0.5, 0.6) is 0 Å². The molecule has 0 radical (unpaired) electrons. The summed E-state index contributed by atoms with van der Waals surface area (Å²) in [7, 11) is 0. The fourth-order valence-electron chi connectivity index (χ4n) is 1.37. The Hall–Kier alpha value is -0.0300.